The summed E-state index contributed by atoms with van der Waals surface area (Å²) in [6.07, 6.45) is 0.421. The molecule has 0 aromatic heterocycles. The average molecular weight is 309 g/mol. The summed E-state index contributed by atoms with van der Waals surface area (Å²) in [5.74, 6) is 7.16. The molecule has 0 heterocycles. The summed E-state index contributed by atoms with van der Waals surface area (Å²) in [6.45, 7) is 7.52. The minimum atomic E-state index is -0.193. The third-order valence-corrected chi connectivity index (χ3v) is 4.21. The van der Waals surface area contributed by atoms with E-state index in [9.17, 15) is 4.39 Å². The van der Waals surface area contributed by atoms with Gasteiger partial charge < -0.3 is 10.0 Å². The summed E-state index contributed by atoms with van der Waals surface area (Å²) in [5, 5.41) is 8.66. The number of aliphatic hydroxyl groups is 1. The van der Waals surface area contributed by atoms with E-state index in [2.05, 4.69) is 30.6 Å². The molecule has 1 aromatic carbocycles. The van der Waals surface area contributed by atoms with Crippen molar-refractivity contribution in [2.75, 3.05) is 32.0 Å². The predicted molar refractivity (Wildman–Crippen MR) is 88.9 cm³/mol. The first-order chi connectivity index (χ1) is 10.2. The van der Waals surface area contributed by atoms with Crippen molar-refractivity contribution >= 4 is 11.8 Å². The first kappa shape index (κ1) is 18.0. The number of halogens is 1. The maximum atomic E-state index is 13.9. The number of aliphatic hydroxyl groups excluding tert-OH is 1. The third kappa shape index (κ3) is 6.99. The number of rotatable bonds is 8. The highest BCUT2D eigenvalue weighted by Gasteiger charge is 2.04. The topological polar surface area (TPSA) is 23.5 Å². The van der Waals surface area contributed by atoms with Crippen LogP contribution in [-0.2, 0) is 5.75 Å². The molecule has 0 aliphatic rings. The lowest BCUT2D eigenvalue weighted by molar-refractivity contribution is 0.305. The van der Waals surface area contributed by atoms with E-state index in [1.165, 1.54) is 6.07 Å². The van der Waals surface area contributed by atoms with Gasteiger partial charge in [-0.25, -0.2) is 4.39 Å². The smallest absolute Gasteiger partial charge is 0.128 e. The van der Waals surface area contributed by atoms with E-state index < -0.39 is 0 Å². The zero-order valence-corrected chi connectivity index (χ0v) is 13.7. The zero-order valence-electron chi connectivity index (χ0n) is 12.9. The molecular formula is C17H24FNOS. The van der Waals surface area contributed by atoms with Crippen LogP contribution in [0.1, 0.15) is 31.4 Å². The van der Waals surface area contributed by atoms with Crippen molar-refractivity contribution < 1.29 is 9.50 Å². The second-order valence-corrected chi connectivity index (χ2v) is 5.77. The first-order valence-corrected chi connectivity index (χ1v) is 8.55. The van der Waals surface area contributed by atoms with Crippen LogP contribution >= 0.6 is 11.8 Å². The minimum Gasteiger partial charge on any atom is -0.395 e. The van der Waals surface area contributed by atoms with Crippen molar-refractivity contribution in [3.8, 4) is 11.8 Å². The molecule has 0 atom stereocenters. The van der Waals surface area contributed by atoms with Gasteiger partial charge in [0, 0.05) is 30.0 Å². The first-order valence-electron chi connectivity index (χ1n) is 7.39. The van der Waals surface area contributed by atoms with E-state index in [1.807, 2.05) is 12.1 Å². The van der Waals surface area contributed by atoms with E-state index in [0.29, 0.717) is 17.7 Å². The van der Waals surface area contributed by atoms with Crippen LogP contribution < -0.4 is 0 Å². The molecule has 0 radical (unpaired) electrons. The summed E-state index contributed by atoms with van der Waals surface area (Å²) in [7, 11) is 0. The molecule has 4 heteroatoms. The lowest BCUT2D eigenvalue weighted by Crippen LogP contribution is -2.25. The number of thioether (sulfide) groups is 1. The normalized spacial score (nSPS) is 10.5. The maximum absolute atomic E-state index is 13.9. The van der Waals surface area contributed by atoms with Crippen LogP contribution in [0.25, 0.3) is 0 Å². The Morgan fingerprint density at radius 1 is 1.29 bits per heavy atom. The quantitative estimate of drug-likeness (QED) is 0.589. The summed E-state index contributed by atoms with van der Waals surface area (Å²) in [6, 6.07) is 5.13. The van der Waals surface area contributed by atoms with E-state index in [0.717, 1.165) is 31.0 Å². The van der Waals surface area contributed by atoms with Crippen LogP contribution in [0.2, 0.25) is 0 Å². The van der Waals surface area contributed by atoms with E-state index in [4.69, 9.17) is 5.11 Å². The van der Waals surface area contributed by atoms with Crippen molar-refractivity contribution in [1.82, 2.24) is 4.90 Å². The lowest BCUT2D eigenvalue weighted by atomic mass is 10.1. The fraction of sp³-hybridized carbons (Fsp3) is 0.529. The number of hydrogen-bond acceptors (Lipinski definition) is 3. The molecule has 0 bridgehead atoms. The molecule has 21 heavy (non-hydrogen) atoms. The molecule has 0 amide bonds. The van der Waals surface area contributed by atoms with Gasteiger partial charge in [-0.1, -0.05) is 31.8 Å². The molecule has 116 valence electrons. The van der Waals surface area contributed by atoms with Gasteiger partial charge in [-0.3, -0.25) is 0 Å². The minimum absolute atomic E-state index is 0.0384. The Balaban J connectivity index is 2.44. The van der Waals surface area contributed by atoms with Gasteiger partial charge in [0.05, 0.1) is 6.61 Å². The van der Waals surface area contributed by atoms with Gasteiger partial charge in [-0.2, -0.15) is 11.8 Å². The Morgan fingerprint density at radius 3 is 2.67 bits per heavy atom. The van der Waals surface area contributed by atoms with Crippen LogP contribution in [0, 0.1) is 17.7 Å². The van der Waals surface area contributed by atoms with Gasteiger partial charge in [0.15, 0.2) is 0 Å². The highest BCUT2D eigenvalue weighted by atomic mass is 32.2. The Kier molecular flexibility index (Phi) is 9.16. The summed E-state index contributed by atoms with van der Waals surface area (Å²) >= 11 is 1.76. The van der Waals surface area contributed by atoms with Gasteiger partial charge in [-0.05, 0) is 30.8 Å². The summed E-state index contributed by atoms with van der Waals surface area (Å²) in [5.41, 5.74) is 1.39. The molecule has 0 fully saturated rings. The molecule has 1 aromatic rings. The van der Waals surface area contributed by atoms with Crippen molar-refractivity contribution in [3.63, 3.8) is 0 Å². The summed E-state index contributed by atoms with van der Waals surface area (Å²) in [4.78, 5) is 2.36. The zero-order chi connectivity index (χ0) is 15.5. The summed E-state index contributed by atoms with van der Waals surface area (Å²) < 4.78 is 13.9. The van der Waals surface area contributed by atoms with Crippen molar-refractivity contribution in [3.05, 3.63) is 35.1 Å². The van der Waals surface area contributed by atoms with Gasteiger partial charge >= 0.3 is 0 Å². The highest BCUT2D eigenvalue weighted by molar-refractivity contribution is 7.98. The third-order valence-electron chi connectivity index (χ3n) is 3.23. The average Bonchev–Trinajstić information content (AvgIpc) is 2.49. The van der Waals surface area contributed by atoms with Gasteiger partial charge in [0.2, 0.25) is 0 Å². The highest BCUT2D eigenvalue weighted by Crippen LogP contribution is 2.17. The molecule has 1 rings (SSSR count). The van der Waals surface area contributed by atoms with Crippen molar-refractivity contribution in [2.24, 2.45) is 0 Å². The standard InChI is InChI=1S/C17H24FNOS/c1-3-19(4-2)10-12-21-14-16-9-8-15(13-17(16)18)7-5-6-11-20/h8-9,13,20H,3-4,6,10-12,14H2,1-2H3. The fourth-order valence-corrected chi connectivity index (χ4v) is 2.86. The molecule has 2 nitrogen and oxygen atoms in total. The molecule has 0 aliphatic heterocycles. The van der Waals surface area contributed by atoms with Gasteiger partial charge in [0.25, 0.3) is 0 Å². The number of hydrogen-bond donors (Lipinski definition) is 1. The Labute approximate surface area is 131 Å². The molecular weight excluding hydrogens is 285 g/mol. The Bertz CT molecular complexity index is 477. The molecule has 0 saturated carbocycles. The number of nitrogens with zero attached hydrogens (tertiary/aromatic N) is 1. The van der Waals surface area contributed by atoms with E-state index >= 15 is 0 Å². The molecule has 1 N–H and O–H groups in total. The fourth-order valence-electron chi connectivity index (χ4n) is 1.88. The second kappa shape index (κ2) is 10.7. The van der Waals surface area contributed by atoms with Crippen LogP contribution in [0.5, 0.6) is 0 Å². The molecule has 0 aliphatic carbocycles. The van der Waals surface area contributed by atoms with Gasteiger partial charge in [0.1, 0.15) is 5.82 Å². The molecule has 0 saturated heterocycles. The van der Waals surface area contributed by atoms with Crippen LogP contribution in [0.15, 0.2) is 18.2 Å². The van der Waals surface area contributed by atoms with Crippen molar-refractivity contribution in [2.45, 2.75) is 26.0 Å². The molecule has 0 unspecified atom stereocenters. The Morgan fingerprint density at radius 2 is 2.05 bits per heavy atom. The van der Waals surface area contributed by atoms with Crippen LogP contribution in [-0.4, -0.2) is 42.0 Å². The predicted octanol–water partition coefficient (Wildman–Crippen LogP) is 3.13. The van der Waals surface area contributed by atoms with Crippen LogP contribution in [0.4, 0.5) is 4.39 Å². The monoisotopic (exact) mass is 309 g/mol. The van der Waals surface area contributed by atoms with Crippen LogP contribution in [0.3, 0.4) is 0 Å². The molecule has 0 spiro atoms. The maximum Gasteiger partial charge on any atom is 0.128 e. The van der Waals surface area contributed by atoms with E-state index in [1.54, 1.807) is 11.8 Å². The van der Waals surface area contributed by atoms with Gasteiger partial charge in [-0.15, -0.1) is 0 Å². The Hall–Kier alpha value is -1.02. The lowest BCUT2D eigenvalue weighted by Gasteiger charge is -2.17. The van der Waals surface area contributed by atoms with E-state index in [-0.39, 0.29) is 12.4 Å². The number of benzene rings is 1. The SMILES string of the molecule is CCN(CC)CCSCc1ccc(C#CCCO)cc1F. The largest absolute Gasteiger partial charge is 0.395 e. The van der Waals surface area contributed by atoms with Crippen molar-refractivity contribution in [1.29, 1.82) is 0 Å². The second-order valence-electron chi connectivity index (χ2n) is 4.66.